The van der Waals surface area contributed by atoms with Gasteiger partial charge in [-0.2, -0.15) is 0 Å². The fraction of sp³-hybridized carbons (Fsp3) is 0.480. The lowest BCUT2D eigenvalue weighted by Crippen LogP contribution is -2.45. The van der Waals surface area contributed by atoms with Gasteiger partial charge < -0.3 is 14.8 Å². The number of unbranched alkanes of at least 4 members (excludes halogenated alkanes) is 3. The molecule has 1 saturated heterocycles. The van der Waals surface area contributed by atoms with Gasteiger partial charge in [-0.3, -0.25) is 4.48 Å². The summed E-state index contributed by atoms with van der Waals surface area (Å²) in [5, 5.41) is 3.60. The predicted molar refractivity (Wildman–Crippen MR) is 123 cm³/mol. The van der Waals surface area contributed by atoms with Crippen LogP contribution in [-0.4, -0.2) is 44.0 Å². The highest BCUT2D eigenvalue weighted by Gasteiger charge is 2.48. The van der Waals surface area contributed by atoms with Crippen LogP contribution in [0.1, 0.15) is 55.6 Å². The highest BCUT2D eigenvalue weighted by Crippen LogP contribution is 2.51. The Labute approximate surface area is 189 Å². The van der Waals surface area contributed by atoms with Crippen molar-refractivity contribution in [3.63, 3.8) is 0 Å². The van der Waals surface area contributed by atoms with Gasteiger partial charge in [0, 0.05) is 34.5 Å². The second-order valence-corrected chi connectivity index (χ2v) is 9.50. The van der Waals surface area contributed by atoms with Crippen molar-refractivity contribution in [2.75, 3.05) is 33.4 Å². The quantitative estimate of drug-likeness (QED) is 0.419. The molecule has 1 amide bonds. The Morgan fingerprint density at radius 2 is 1.84 bits per heavy atom. The second kappa shape index (κ2) is 9.49. The van der Waals surface area contributed by atoms with Crippen LogP contribution < -0.4 is 10.1 Å². The summed E-state index contributed by atoms with van der Waals surface area (Å²) in [5.74, 6) is 2.30. The van der Waals surface area contributed by atoms with Gasteiger partial charge in [0.25, 0.3) is 0 Å². The van der Waals surface area contributed by atoms with Crippen molar-refractivity contribution >= 4 is 17.7 Å². The second-order valence-electron chi connectivity index (χ2n) is 9.07. The standard InChI is InChI=1S/C25H31ClN2O3/c1-3-4-5-8-13-27-25(29)30-17-28(2)15-21-19-9-6-7-10-23(19)31-24-12-11-18(26)14-20(24)22(21)16-28/h6-7,9-12,14,21-22H,3-5,8,13,15-17H2,1-2H3/p+1. The van der Waals surface area contributed by atoms with Gasteiger partial charge in [0.1, 0.15) is 11.5 Å². The van der Waals surface area contributed by atoms with Crippen molar-refractivity contribution in [2.45, 2.75) is 44.4 Å². The molecule has 166 valence electrons. The molecule has 31 heavy (non-hydrogen) atoms. The highest BCUT2D eigenvalue weighted by atomic mass is 35.5. The number of fused-ring (bicyclic) bond motifs is 5. The van der Waals surface area contributed by atoms with Gasteiger partial charge in [0.15, 0.2) is 0 Å². The van der Waals surface area contributed by atoms with Crippen molar-refractivity contribution in [3.8, 4) is 11.5 Å². The average Bonchev–Trinajstić information content (AvgIpc) is 3.06. The van der Waals surface area contributed by atoms with Crippen LogP contribution in [0.2, 0.25) is 5.02 Å². The molecule has 4 rings (SSSR count). The molecule has 2 aliphatic heterocycles. The summed E-state index contributed by atoms with van der Waals surface area (Å²) in [6.07, 6.45) is 4.19. The maximum absolute atomic E-state index is 12.2. The monoisotopic (exact) mass is 443 g/mol. The minimum atomic E-state index is -0.324. The molecular formula is C25H32ClN2O3+. The van der Waals surface area contributed by atoms with Crippen LogP contribution in [0.5, 0.6) is 11.5 Å². The van der Waals surface area contributed by atoms with Crippen LogP contribution >= 0.6 is 11.6 Å². The molecule has 2 aliphatic rings. The van der Waals surface area contributed by atoms with E-state index in [1.807, 2.05) is 30.3 Å². The number of para-hydroxylation sites is 1. The maximum atomic E-state index is 12.2. The zero-order valence-electron chi connectivity index (χ0n) is 18.4. The van der Waals surface area contributed by atoms with Crippen LogP contribution in [0.3, 0.4) is 0 Å². The Hall–Kier alpha value is -2.24. The molecule has 0 saturated carbocycles. The fourth-order valence-corrected chi connectivity index (χ4v) is 5.10. The summed E-state index contributed by atoms with van der Waals surface area (Å²) in [5.41, 5.74) is 2.35. The van der Waals surface area contributed by atoms with E-state index >= 15 is 0 Å². The number of quaternary nitrogens is 1. The van der Waals surface area contributed by atoms with Gasteiger partial charge in [-0.05, 0) is 30.7 Å². The van der Waals surface area contributed by atoms with Crippen LogP contribution in [0.25, 0.3) is 0 Å². The van der Waals surface area contributed by atoms with E-state index in [9.17, 15) is 4.79 Å². The van der Waals surface area contributed by atoms with Crippen molar-refractivity contribution < 1.29 is 18.8 Å². The molecule has 0 aromatic heterocycles. The van der Waals surface area contributed by atoms with Crippen molar-refractivity contribution in [1.29, 1.82) is 0 Å². The van der Waals surface area contributed by atoms with Crippen molar-refractivity contribution in [1.82, 2.24) is 5.32 Å². The first-order chi connectivity index (χ1) is 15.0. The van der Waals surface area contributed by atoms with Crippen LogP contribution in [0, 0.1) is 0 Å². The molecule has 1 N–H and O–H groups in total. The number of benzene rings is 2. The lowest BCUT2D eigenvalue weighted by molar-refractivity contribution is -0.915. The van der Waals surface area contributed by atoms with Gasteiger partial charge >= 0.3 is 6.09 Å². The molecule has 0 radical (unpaired) electrons. The number of likely N-dealkylation sites (tertiary alicyclic amines) is 1. The average molecular weight is 444 g/mol. The van der Waals surface area contributed by atoms with E-state index in [0.717, 1.165) is 43.0 Å². The SMILES string of the molecule is CCCCCCNC(=O)OC[N+]1(C)CC2c3ccccc3Oc3ccc(Cl)cc3C2C1. The van der Waals surface area contributed by atoms with Crippen molar-refractivity contribution in [2.24, 2.45) is 0 Å². The Morgan fingerprint density at radius 1 is 1.10 bits per heavy atom. The fourth-order valence-electron chi connectivity index (χ4n) is 4.92. The molecule has 0 bridgehead atoms. The third-order valence-electron chi connectivity index (χ3n) is 6.48. The number of nitrogens with zero attached hydrogens (tertiary/aromatic N) is 1. The molecule has 0 aliphatic carbocycles. The summed E-state index contributed by atoms with van der Waals surface area (Å²) in [4.78, 5) is 12.2. The van der Waals surface area contributed by atoms with E-state index in [0.29, 0.717) is 22.8 Å². The number of halogens is 1. The summed E-state index contributed by atoms with van der Waals surface area (Å²) in [7, 11) is 2.16. The number of amides is 1. The summed E-state index contributed by atoms with van der Waals surface area (Å²) in [6.45, 7) is 4.94. The van der Waals surface area contributed by atoms with Gasteiger partial charge in [-0.1, -0.05) is 56.0 Å². The number of nitrogens with one attached hydrogen (secondary N) is 1. The van der Waals surface area contributed by atoms with Gasteiger partial charge in [0.2, 0.25) is 6.73 Å². The summed E-state index contributed by atoms with van der Waals surface area (Å²) < 4.78 is 12.6. The number of hydrogen-bond acceptors (Lipinski definition) is 3. The molecule has 2 aromatic rings. The summed E-state index contributed by atoms with van der Waals surface area (Å²) in [6, 6.07) is 14.1. The molecule has 3 unspecified atom stereocenters. The number of carbonyl (C=O) groups excluding carboxylic acids is 1. The summed E-state index contributed by atoms with van der Waals surface area (Å²) >= 11 is 6.35. The molecule has 0 spiro atoms. The van der Waals surface area contributed by atoms with Gasteiger partial charge in [-0.25, -0.2) is 4.79 Å². The van der Waals surface area contributed by atoms with Crippen LogP contribution in [0.15, 0.2) is 42.5 Å². The van der Waals surface area contributed by atoms with Gasteiger partial charge in [0.05, 0.1) is 20.1 Å². The minimum absolute atomic E-state index is 0.253. The van der Waals surface area contributed by atoms with E-state index in [2.05, 4.69) is 31.4 Å². The largest absolute Gasteiger partial charge is 0.457 e. The van der Waals surface area contributed by atoms with E-state index in [1.165, 1.54) is 18.4 Å². The number of carbonyl (C=O) groups is 1. The lowest BCUT2D eigenvalue weighted by atomic mass is 9.84. The van der Waals surface area contributed by atoms with E-state index in [1.54, 1.807) is 0 Å². The predicted octanol–water partition coefficient (Wildman–Crippen LogP) is 6.04. The number of rotatable bonds is 7. The van der Waals surface area contributed by atoms with Gasteiger partial charge in [-0.15, -0.1) is 0 Å². The molecule has 1 fully saturated rings. The number of likely N-dealkylation sites (N-methyl/N-ethyl adjacent to an activating group) is 1. The normalized spacial score (nSPS) is 23.7. The lowest BCUT2D eigenvalue weighted by Gasteiger charge is -2.29. The molecular weight excluding hydrogens is 412 g/mol. The third-order valence-corrected chi connectivity index (χ3v) is 6.71. The Bertz CT molecular complexity index is 935. The van der Waals surface area contributed by atoms with Crippen LogP contribution in [-0.2, 0) is 4.74 Å². The molecule has 2 aromatic carbocycles. The first-order valence-corrected chi connectivity index (χ1v) is 11.7. The highest BCUT2D eigenvalue weighted by molar-refractivity contribution is 6.30. The molecule has 6 heteroatoms. The number of alkyl carbamates (subject to hydrolysis) is 1. The molecule has 5 nitrogen and oxygen atoms in total. The molecule has 3 atom stereocenters. The zero-order chi connectivity index (χ0) is 21.8. The first kappa shape index (κ1) is 22.0. The first-order valence-electron chi connectivity index (χ1n) is 11.3. The Kier molecular flexibility index (Phi) is 6.73. The molecule has 2 heterocycles. The van der Waals surface area contributed by atoms with E-state index < -0.39 is 0 Å². The Balaban J connectivity index is 1.47. The van der Waals surface area contributed by atoms with E-state index in [4.69, 9.17) is 21.1 Å². The smallest absolute Gasteiger partial charge is 0.411 e. The van der Waals surface area contributed by atoms with E-state index in [-0.39, 0.29) is 17.9 Å². The van der Waals surface area contributed by atoms with Crippen molar-refractivity contribution in [3.05, 3.63) is 58.6 Å². The maximum Gasteiger partial charge on any atom is 0.411 e. The van der Waals surface area contributed by atoms with Crippen LogP contribution in [0.4, 0.5) is 4.79 Å². The Morgan fingerprint density at radius 3 is 2.65 bits per heavy atom. The minimum Gasteiger partial charge on any atom is -0.457 e. The topological polar surface area (TPSA) is 47.6 Å². The zero-order valence-corrected chi connectivity index (χ0v) is 19.2. The third kappa shape index (κ3) is 4.99. The number of hydrogen-bond donors (Lipinski definition) is 1. The number of ether oxygens (including phenoxy) is 2.